The van der Waals surface area contributed by atoms with E-state index in [0.29, 0.717) is 0 Å². The molecule has 0 unspecified atom stereocenters. The Hall–Kier alpha value is -1.51. The van der Waals surface area contributed by atoms with Crippen molar-refractivity contribution in [2.45, 2.75) is 51.6 Å². The number of oxime groups is 1. The lowest BCUT2D eigenvalue weighted by atomic mass is 9.71. The van der Waals surface area contributed by atoms with Crippen molar-refractivity contribution < 1.29 is 9.57 Å². The van der Waals surface area contributed by atoms with Gasteiger partial charge in [-0.15, -0.1) is 0 Å². The molecule has 2 aliphatic rings. The first-order chi connectivity index (χ1) is 9.71. The molecule has 0 radical (unpaired) electrons. The molecule has 0 saturated heterocycles. The Kier molecular flexibility index (Phi) is 3.68. The van der Waals surface area contributed by atoms with Gasteiger partial charge in [0.25, 0.3) is 0 Å². The molecule has 3 heteroatoms. The second-order valence-electron chi connectivity index (χ2n) is 6.23. The van der Waals surface area contributed by atoms with E-state index in [4.69, 9.17) is 9.57 Å². The first-order valence-electron chi connectivity index (χ1n) is 7.58. The Bertz CT molecular complexity index is 486. The van der Waals surface area contributed by atoms with Crippen LogP contribution in [-0.2, 0) is 4.84 Å². The summed E-state index contributed by atoms with van der Waals surface area (Å²) in [6.45, 7) is 2.35. The average Bonchev–Trinajstić information content (AvgIpc) is 2.99. The number of ether oxygens (including phenoxy) is 1. The van der Waals surface area contributed by atoms with E-state index in [1.807, 2.05) is 12.1 Å². The largest absolute Gasteiger partial charge is 0.497 e. The van der Waals surface area contributed by atoms with Gasteiger partial charge in [-0.05, 0) is 30.5 Å². The molecule has 3 nitrogen and oxygen atoms in total. The summed E-state index contributed by atoms with van der Waals surface area (Å²) in [7, 11) is 1.69. The average molecular weight is 273 g/mol. The third-order valence-electron chi connectivity index (χ3n) is 4.81. The van der Waals surface area contributed by atoms with Crippen molar-refractivity contribution in [3.05, 3.63) is 29.8 Å². The van der Waals surface area contributed by atoms with Crippen LogP contribution in [0.15, 0.2) is 29.4 Å². The Morgan fingerprint density at radius 2 is 1.85 bits per heavy atom. The fourth-order valence-electron chi connectivity index (χ4n) is 3.35. The highest BCUT2D eigenvalue weighted by molar-refractivity contribution is 5.91. The first-order valence-corrected chi connectivity index (χ1v) is 7.58. The van der Waals surface area contributed by atoms with E-state index < -0.39 is 0 Å². The SMILES string of the molecule is COc1ccc([C@H]2CC(C3(C)CCCCC3)=NO2)cc1. The van der Waals surface area contributed by atoms with E-state index in [-0.39, 0.29) is 11.5 Å². The minimum absolute atomic E-state index is 0.0784. The van der Waals surface area contributed by atoms with Crippen molar-refractivity contribution in [1.82, 2.24) is 0 Å². The lowest BCUT2D eigenvalue weighted by molar-refractivity contribution is 0.0855. The van der Waals surface area contributed by atoms with Gasteiger partial charge in [0, 0.05) is 11.8 Å². The maximum absolute atomic E-state index is 5.69. The highest BCUT2D eigenvalue weighted by Crippen LogP contribution is 2.42. The molecule has 1 heterocycles. The third-order valence-corrected chi connectivity index (χ3v) is 4.81. The van der Waals surface area contributed by atoms with Gasteiger partial charge in [0.1, 0.15) is 5.75 Å². The summed E-state index contributed by atoms with van der Waals surface area (Å²) >= 11 is 0. The minimum atomic E-state index is 0.0784. The number of hydrogen-bond donors (Lipinski definition) is 0. The molecule has 3 rings (SSSR count). The maximum atomic E-state index is 5.69. The topological polar surface area (TPSA) is 30.8 Å². The number of hydrogen-bond acceptors (Lipinski definition) is 3. The van der Waals surface area contributed by atoms with Crippen LogP contribution in [0.5, 0.6) is 5.75 Å². The molecule has 0 spiro atoms. The second-order valence-corrected chi connectivity index (χ2v) is 6.23. The van der Waals surface area contributed by atoms with Crippen LogP contribution in [-0.4, -0.2) is 12.8 Å². The highest BCUT2D eigenvalue weighted by Gasteiger charge is 2.37. The highest BCUT2D eigenvalue weighted by atomic mass is 16.6. The fourth-order valence-corrected chi connectivity index (χ4v) is 3.35. The number of rotatable bonds is 3. The van der Waals surface area contributed by atoms with Crippen LogP contribution in [0.25, 0.3) is 0 Å². The van der Waals surface area contributed by atoms with Crippen molar-refractivity contribution >= 4 is 5.71 Å². The van der Waals surface area contributed by atoms with Gasteiger partial charge in [-0.25, -0.2) is 0 Å². The van der Waals surface area contributed by atoms with Crippen LogP contribution in [0.4, 0.5) is 0 Å². The molecule has 0 N–H and O–H groups in total. The zero-order chi connectivity index (χ0) is 14.0. The summed E-state index contributed by atoms with van der Waals surface area (Å²) < 4.78 is 5.19. The maximum Gasteiger partial charge on any atom is 0.157 e. The molecule has 1 atom stereocenters. The summed E-state index contributed by atoms with van der Waals surface area (Å²) in [6.07, 6.45) is 7.53. The first kappa shape index (κ1) is 13.5. The van der Waals surface area contributed by atoms with Crippen molar-refractivity contribution in [3.8, 4) is 5.75 Å². The molecule has 1 fully saturated rings. The monoisotopic (exact) mass is 273 g/mol. The van der Waals surface area contributed by atoms with E-state index in [1.54, 1.807) is 7.11 Å². The van der Waals surface area contributed by atoms with Crippen LogP contribution in [0, 0.1) is 5.41 Å². The van der Waals surface area contributed by atoms with Gasteiger partial charge >= 0.3 is 0 Å². The lowest BCUT2D eigenvalue weighted by Gasteiger charge is -2.32. The quantitative estimate of drug-likeness (QED) is 0.812. The van der Waals surface area contributed by atoms with Crippen molar-refractivity contribution in [1.29, 1.82) is 0 Å². The predicted molar refractivity (Wildman–Crippen MR) is 80.1 cm³/mol. The molecule has 0 amide bonds. The summed E-state index contributed by atoms with van der Waals surface area (Å²) in [6, 6.07) is 8.12. The Morgan fingerprint density at radius 3 is 2.50 bits per heavy atom. The number of nitrogens with zero attached hydrogens (tertiary/aromatic N) is 1. The van der Waals surface area contributed by atoms with Crippen LogP contribution in [0.1, 0.15) is 57.1 Å². The van der Waals surface area contributed by atoms with E-state index >= 15 is 0 Å². The number of methoxy groups -OCH3 is 1. The van der Waals surface area contributed by atoms with Gasteiger partial charge in [-0.2, -0.15) is 0 Å². The predicted octanol–water partition coefficient (Wildman–Crippen LogP) is 4.48. The van der Waals surface area contributed by atoms with Crippen LogP contribution < -0.4 is 4.74 Å². The van der Waals surface area contributed by atoms with Crippen LogP contribution in [0.3, 0.4) is 0 Å². The normalized spacial score (nSPS) is 24.9. The Morgan fingerprint density at radius 1 is 1.15 bits per heavy atom. The van der Waals surface area contributed by atoms with E-state index in [9.17, 15) is 0 Å². The van der Waals surface area contributed by atoms with Crippen molar-refractivity contribution in [2.75, 3.05) is 7.11 Å². The molecular formula is C17H23NO2. The van der Waals surface area contributed by atoms with Gasteiger partial charge in [0.05, 0.1) is 12.8 Å². The van der Waals surface area contributed by atoms with Gasteiger partial charge in [-0.1, -0.05) is 43.5 Å². The zero-order valence-electron chi connectivity index (χ0n) is 12.4. The third kappa shape index (κ3) is 2.54. The minimum Gasteiger partial charge on any atom is -0.497 e. The van der Waals surface area contributed by atoms with Crippen molar-refractivity contribution in [2.24, 2.45) is 10.6 Å². The fraction of sp³-hybridized carbons (Fsp3) is 0.588. The molecule has 1 aromatic carbocycles. The van der Waals surface area contributed by atoms with E-state index in [2.05, 4.69) is 24.2 Å². The molecule has 20 heavy (non-hydrogen) atoms. The van der Waals surface area contributed by atoms with Crippen molar-refractivity contribution in [3.63, 3.8) is 0 Å². The smallest absolute Gasteiger partial charge is 0.157 e. The van der Waals surface area contributed by atoms with Crippen LogP contribution in [0.2, 0.25) is 0 Å². The summed E-state index contributed by atoms with van der Waals surface area (Å²) in [4.78, 5) is 5.69. The van der Waals surface area contributed by atoms with Gasteiger partial charge in [0.2, 0.25) is 0 Å². The summed E-state index contributed by atoms with van der Waals surface area (Å²) in [5, 5.41) is 4.42. The standard InChI is InChI=1S/C17H23NO2/c1-17(10-4-3-5-11-17)16-12-15(20-18-16)13-6-8-14(19-2)9-7-13/h6-9,15H,3-5,10-12H2,1-2H3/t15-/m1/s1. The summed E-state index contributed by atoms with van der Waals surface area (Å²) in [5.74, 6) is 0.882. The van der Waals surface area contributed by atoms with E-state index in [0.717, 1.165) is 12.2 Å². The lowest BCUT2D eigenvalue weighted by Crippen LogP contribution is -2.29. The Labute approximate surface area is 121 Å². The molecule has 0 aromatic heterocycles. The molecule has 108 valence electrons. The van der Waals surface area contributed by atoms with Gasteiger partial charge in [-0.3, -0.25) is 0 Å². The molecule has 0 bridgehead atoms. The Balaban J connectivity index is 1.68. The number of benzene rings is 1. The van der Waals surface area contributed by atoms with Crippen LogP contribution >= 0.6 is 0 Å². The molecule has 1 aliphatic carbocycles. The molecule has 1 aromatic rings. The van der Waals surface area contributed by atoms with Gasteiger partial charge < -0.3 is 9.57 Å². The van der Waals surface area contributed by atoms with Gasteiger partial charge in [0.15, 0.2) is 6.10 Å². The zero-order valence-corrected chi connectivity index (χ0v) is 12.4. The second kappa shape index (κ2) is 5.47. The molecular weight excluding hydrogens is 250 g/mol. The van der Waals surface area contributed by atoms with E-state index in [1.165, 1.54) is 43.4 Å². The molecule has 1 saturated carbocycles. The summed E-state index contributed by atoms with van der Waals surface area (Å²) in [5.41, 5.74) is 2.71. The molecule has 1 aliphatic heterocycles.